The van der Waals surface area contributed by atoms with E-state index in [0.717, 1.165) is 18.5 Å². The van der Waals surface area contributed by atoms with Crippen molar-refractivity contribution < 1.29 is 4.79 Å². The number of nitrogens with zero attached hydrogens (tertiary/aromatic N) is 1. The van der Waals surface area contributed by atoms with Gasteiger partial charge in [0.1, 0.15) is 0 Å². The molecule has 4 rings (SSSR count). The molecule has 1 amide bonds. The summed E-state index contributed by atoms with van der Waals surface area (Å²) < 4.78 is 0. The van der Waals surface area contributed by atoms with Gasteiger partial charge in [0.25, 0.3) is 0 Å². The molecule has 2 aromatic carbocycles. The van der Waals surface area contributed by atoms with Gasteiger partial charge in [-0.2, -0.15) is 0 Å². The number of amides is 1. The number of para-hydroxylation sites is 1. The maximum Gasteiger partial charge on any atom is 0.231 e. The van der Waals surface area contributed by atoms with E-state index in [1.807, 2.05) is 29.2 Å². The summed E-state index contributed by atoms with van der Waals surface area (Å²) in [6.45, 7) is 0.680. The second kappa shape index (κ2) is 5.60. The Labute approximate surface area is 131 Å². The molecule has 1 fully saturated rings. The molecule has 2 atom stereocenters. The van der Waals surface area contributed by atoms with Gasteiger partial charge in [-0.15, -0.1) is 0 Å². The van der Waals surface area contributed by atoms with Gasteiger partial charge in [-0.05, 0) is 36.0 Å². The van der Waals surface area contributed by atoms with Crippen molar-refractivity contribution in [3.8, 4) is 0 Å². The molecule has 0 saturated heterocycles. The second-order valence-electron chi connectivity index (χ2n) is 6.47. The molecule has 22 heavy (non-hydrogen) atoms. The largest absolute Gasteiger partial charge is 0.307 e. The summed E-state index contributed by atoms with van der Waals surface area (Å²) in [5.74, 6) is 0.948. The summed E-state index contributed by atoms with van der Waals surface area (Å²) in [7, 11) is 0. The quantitative estimate of drug-likeness (QED) is 0.797. The molecule has 0 spiro atoms. The average molecular weight is 291 g/mol. The van der Waals surface area contributed by atoms with E-state index in [1.165, 1.54) is 24.0 Å². The van der Waals surface area contributed by atoms with Crippen LogP contribution < -0.4 is 4.90 Å². The summed E-state index contributed by atoms with van der Waals surface area (Å²) in [4.78, 5) is 15.1. The van der Waals surface area contributed by atoms with Crippen molar-refractivity contribution in [2.75, 3.05) is 4.90 Å². The average Bonchev–Trinajstić information content (AvgIpc) is 2.59. The van der Waals surface area contributed by atoms with Crippen LogP contribution in [0.5, 0.6) is 0 Å². The number of carbonyl (C=O) groups excluding carboxylic acids is 1. The number of hydrogen-bond acceptors (Lipinski definition) is 1. The van der Waals surface area contributed by atoms with Crippen LogP contribution in [0.4, 0.5) is 5.69 Å². The normalized spacial score (nSPS) is 23.8. The van der Waals surface area contributed by atoms with Crippen LogP contribution in [-0.4, -0.2) is 5.91 Å². The fourth-order valence-electron chi connectivity index (χ4n) is 4.09. The summed E-state index contributed by atoms with van der Waals surface area (Å²) >= 11 is 0. The molecule has 0 aromatic heterocycles. The van der Waals surface area contributed by atoms with Crippen LogP contribution in [0.25, 0.3) is 0 Å². The molecule has 1 saturated carbocycles. The number of anilines is 1. The Morgan fingerprint density at radius 2 is 1.55 bits per heavy atom. The van der Waals surface area contributed by atoms with E-state index in [2.05, 4.69) is 30.3 Å². The first-order chi connectivity index (χ1) is 10.8. The minimum absolute atomic E-state index is 0.187. The lowest BCUT2D eigenvalue weighted by Gasteiger charge is -2.41. The maximum absolute atomic E-state index is 13.1. The van der Waals surface area contributed by atoms with Gasteiger partial charge in [0.05, 0.1) is 6.54 Å². The van der Waals surface area contributed by atoms with Crippen LogP contribution in [0.1, 0.15) is 42.7 Å². The van der Waals surface area contributed by atoms with Gasteiger partial charge < -0.3 is 4.90 Å². The fourth-order valence-corrected chi connectivity index (χ4v) is 4.09. The van der Waals surface area contributed by atoms with Gasteiger partial charge in [0, 0.05) is 11.6 Å². The SMILES string of the molecule is O=C1C2CCCC[C@H]2c2ccccc2N1Cc1ccccc1. The highest BCUT2D eigenvalue weighted by Crippen LogP contribution is 2.46. The maximum atomic E-state index is 13.1. The number of rotatable bonds is 2. The van der Waals surface area contributed by atoms with Crippen molar-refractivity contribution in [3.63, 3.8) is 0 Å². The third kappa shape index (κ3) is 2.23. The zero-order chi connectivity index (χ0) is 14.9. The van der Waals surface area contributed by atoms with Crippen LogP contribution >= 0.6 is 0 Å². The van der Waals surface area contributed by atoms with Gasteiger partial charge >= 0.3 is 0 Å². The minimum atomic E-state index is 0.187. The Morgan fingerprint density at radius 1 is 0.864 bits per heavy atom. The molecule has 2 aliphatic rings. The van der Waals surface area contributed by atoms with Crippen molar-refractivity contribution in [2.24, 2.45) is 5.92 Å². The monoisotopic (exact) mass is 291 g/mol. The smallest absolute Gasteiger partial charge is 0.231 e. The molecule has 1 aliphatic carbocycles. The zero-order valence-corrected chi connectivity index (χ0v) is 12.7. The first-order valence-corrected chi connectivity index (χ1v) is 8.29. The molecule has 112 valence electrons. The van der Waals surface area contributed by atoms with Crippen LogP contribution in [0.3, 0.4) is 0 Å². The molecular formula is C20H21NO. The predicted octanol–water partition coefficient (Wildman–Crippen LogP) is 4.51. The van der Waals surface area contributed by atoms with E-state index >= 15 is 0 Å². The number of hydrogen-bond donors (Lipinski definition) is 0. The van der Waals surface area contributed by atoms with Crippen LogP contribution in [0.15, 0.2) is 54.6 Å². The fraction of sp³-hybridized carbons (Fsp3) is 0.350. The second-order valence-corrected chi connectivity index (χ2v) is 6.47. The van der Waals surface area contributed by atoms with Crippen molar-refractivity contribution >= 4 is 11.6 Å². The van der Waals surface area contributed by atoms with Crippen molar-refractivity contribution in [2.45, 2.75) is 38.1 Å². The van der Waals surface area contributed by atoms with Crippen LogP contribution in [-0.2, 0) is 11.3 Å². The first kappa shape index (κ1) is 13.6. The molecule has 0 bridgehead atoms. The third-order valence-electron chi connectivity index (χ3n) is 5.16. The van der Waals surface area contributed by atoms with E-state index in [4.69, 9.17) is 0 Å². The molecule has 0 radical (unpaired) electrons. The highest BCUT2D eigenvalue weighted by Gasteiger charge is 2.40. The summed E-state index contributed by atoms with van der Waals surface area (Å²) in [5.41, 5.74) is 3.70. The van der Waals surface area contributed by atoms with E-state index in [-0.39, 0.29) is 5.92 Å². The highest BCUT2D eigenvalue weighted by atomic mass is 16.2. The topological polar surface area (TPSA) is 20.3 Å². The Kier molecular flexibility index (Phi) is 3.45. The van der Waals surface area contributed by atoms with E-state index in [0.29, 0.717) is 18.4 Å². The van der Waals surface area contributed by atoms with Crippen molar-refractivity contribution in [3.05, 3.63) is 65.7 Å². The van der Waals surface area contributed by atoms with Gasteiger partial charge in [-0.25, -0.2) is 0 Å². The molecule has 1 aliphatic heterocycles. The molecular weight excluding hydrogens is 270 g/mol. The molecule has 2 heteroatoms. The van der Waals surface area contributed by atoms with Crippen LogP contribution in [0.2, 0.25) is 0 Å². The lowest BCUT2D eigenvalue weighted by molar-refractivity contribution is -0.124. The summed E-state index contributed by atoms with van der Waals surface area (Å²) in [5, 5.41) is 0. The zero-order valence-electron chi connectivity index (χ0n) is 12.7. The van der Waals surface area contributed by atoms with Gasteiger partial charge in [0.15, 0.2) is 0 Å². The van der Waals surface area contributed by atoms with Crippen molar-refractivity contribution in [1.82, 2.24) is 0 Å². The lowest BCUT2D eigenvalue weighted by Crippen LogP contribution is -2.44. The molecule has 1 heterocycles. The number of carbonyl (C=O) groups is 1. The first-order valence-electron chi connectivity index (χ1n) is 8.29. The summed E-state index contributed by atoms with van der Waals surface area (Å²) in [6.07, 6.45) is 4.64. The van der Waals surface area contributed by atoms with E-state index in [1.54, 1.807) is 0 Å². The van der Waals surface area contributed by atoms with Gasteiger partial charge in [-0.3, -0.25) is 4.79 Å². The van der Waals surface area contributed by atoms with Gasteiger partial charge in [0.2, 0.25) is 5.91 Å². The van der Waals surface area contributed by atoms with Crippen LogP contribution in [0, 0.1) is 5.92 Å². The summed E-state index contributed by atoms with van der Waals surface area (Å²) in [6, 6.07) is 18.8. The molecule has 2 aromatic rings. The molecule has 1 unspecified atom stereocenters. The predicted molar refractivity (Wildman–Crippen MR) is 88.8 cm³/mol. The Hall–Kier alpha value is -2.09. The number of fused-ring (bicyclic) bond motifs is 3. The third-order valence-corrected chi connectivity index (χ3v) is 5.16. The van der Waals surface area contributed by atoms with E-state index < -0.39 is 0 Å². The Bertz CT molecular complexity index is 679. The highest BCUT2D eigenvalue weighted by molar-refractivity contribution is 5.99. The standard InChI is InChI=1S/C20H21NO/c22-20-18-12-5-4-10-16(18)17-11-6-7-13-19(17)21(20)14-15-8-2-1-3-9-15/h1-3,6-9,11,13,16,18H,4-5,10,12,14H2/t16-,18?/m0/s1. The Morgan fingerprint density at radius 3 is 2.36 bits per heavy atom. The molecule has 0 N–H and O–H groups in total. The Balaban J connectivity index is 1.75. The molecule has 2 nitrogen and oxygen atoms in total. The number of benzene rings is 2. The van der Waals surface area contributed by atoms with Gasteiger partial charge in [-0.1, -0.05) is 61.4 Å². The van der Waals surface area contributed by atoms with E-state index in [9.17, 15) is 4.79 Å². The minimum Gasteiger partial charge on any atom is -0.307 e. The lowest BCUT2D eigenvalue weighted by atomic mass is 9.72. The van der Waals surface area contributed by atoms with Crippen molar-refractivity contribution in [1.29, 1.82) is 0 Å².